The van der Waals surface area contributed by atoms with Crippen molar-refractivity contribution in [2.75, 3.05) is 12.4 Å². The van der Waals surface area contributed by atoms with Crippen molar-refractivity contribution >= 4 is 11.7 Å². The molecule has 2 N–H and O–H groups in total. The summed E-state index contributed by atoms with van der Waals surface area (Å²) in [7, 11) is 1.46. The quantitative estimate of drug-likeness (QED) is 0.743. The van der Waals surface area contributed by atoms with Gasteiger partial charge in [-0.1, -0.05) is 18.2 Å². The van der Waals surface area contributed by atoms with Gasteiger partial charge < -0.3 is 15.2 Å². The number of benzene rings is 1. The lowest BCUT2D eigenvalue weighted by Gasteiger charge is -2.12. The van der Waals surface area contributed by atoms with Crippen molar-refractivity contribution in [2.45, 2.75) is 6.92 Å². The number of carbonyl (C=O) groups excluding carboxylic acids is 1. The topological polar surface area (TPSA) is 106 Å². The van der Waals surface area contributed by atoms with Gasteiger partial charge in [-0.3, -0.25) is 9.59 Å². The normalized spacial score (nSPS) is 10.4. The first kappa shape index (κ1) is 17.2. The summed E-state index contributed by atoms with van der Waals surface area (Å²) in [4.78, 5) is 28.8. The molecule has 0 radical (unpaired) electrons. The SMILES string of the molecule is COc1ccccc1-n1nc(C(=O)Nc2ncccc2C)c(O)cc1=O. The highest BCUT2D eigenvalue weighted by molar-refractivity contribution is 6.04. The number of pyridine rings is 1. The van der Waals surface area contributed by atoms with E-state index in [0.29, 0.717) is 17.3 Å². The molecule has 1 aromatic carbocycles. The molecular weight excluding hydrogens is 336 g/mol. The maximum atomic E-state index is 12.5. The van der Waals surface area contributed by atoms with Gasteiger partial charge in [-0.2, -0.15) is 9.78 Å². The molecule has 2 aromatic heterocycles. The Bertz CT molecular complexity index is 1030. The van der Waals surface area contributed by atoms with Crippen LogP contribution >= 0.6 is 0 Å². The van der Waals surface area contributed by atoms with E-state index in [4.69, 9.17) is 4.74 Å². The standard InChI is InChI=1S/C18H16N4O4/c1-11-6-5-9-19-17(11)20-18(25)16-13(23)10-15(24)22(21-16)12-7-3-4-8-14(12)26-2/h3-10,23H,1-2H3,(H,19,20,25). The third kappa shape index (κ3) is 3.25. The van der Waals surface area contributed by atoms with Crippen LogP contribution in [0.2, 0.25) is 0 Å². The third-order valence-corrected chi connectivity index (χ3v) is 3.68. The fourth-order valence-corrected chi connectivity index (χ4v) is 2.37. The monoisotopic (exact) mass is 352 g/mol. The summed E-state index contributed by atoms with van der Waals surface area (Å²) in [6, 6.07) is 11.2. The number of nitrogens with zero attached hydrogens (tertiary/aromatic N) is 3. The van der Waals surface area contributed by atoms with Crippen molar-refractivity contribution in [3.63, 3.8) is 0 Å². The minimum atomic E-state index is -0.687. The number of anilines is 1. The van der Waals surface area contributed by atoms with Crippen LogP contribution in [0.15, 0.2) is 53.5 Å². The van der Waals surface area contributed by atoms with Crippen LogP contribution in [-0.4, -0.2) is 32.9 Å². The van der Waals surface area contributed by atoms with Gasteiger partial charge in [0.25, 0.3) is 11.5 Å². The molecule has 0 atom stereocenters. The molecule has 0 bridgehead atoms. The van der Waals surface area contributed by atoms with Gasteiger partial charge in [-0.05, 0) is 30.7 Å². The summed E-state index contributed by atoms with van der Waals surface area (Å²) in [5.74, 6) is -0.464. The van der Waals surface area contributed by atoms with E-state index in [9.17, 15) is 14.7 Å². The van der Waals surface area contributed by atoms with E-state index in [2.05, 4.69) is 15.4 Å². The average Bonchev–Trinajstić information content (AvgIpc) is 2.63. The van der Waals surface area contributed by atoms with E-state index >= 15 is 0 Å². The number of hydrogen-bond donors (Lipinski definition) is 2. The first-order chi connectivity index (χ1) is 12.5. The van der Waals surface area contributed by atoms with Crippen molar-refractivity contribution in [3.05, 3.63) is 70.3 Å². The Morgan fingerprint density at radius 1 is 1.23 bits per heavy atom. The largest absolute Gasteiger partial charge is 0.505 e. The van der Waals surface area contributed by atoms with Gasteiger partial charge in [-0.25, -0.2) is 4.98 Å². The lowest BCUT2D eigenvalue weighted by atomic mass is 10.2. The van der Waals surface area contributed by atoms with Crippen molar-refractivity contribution in [1.29, 1.82) is 0 Å². The van der Waals surface area contributed by atoms with E-state index in [-0.39, 0.29) is 5.69 Å². The Kier molecular flexibility index (Phi) is 4.66. The van der Waals surface area contributed by atoms with E-state index in [1.165, 1.54) is 13.3 Å². The lowest BCUT2D eigenvalue weighted by Crippen LogP contribution is -2.26. The summed E-state index contributed by atoms with van der Waals surface area (Å²) < 4.78 is 6.22. The van der Waals surface area contributed by atoms with Crippen LogP contribution in [0.3, 0.4) is 0 Å². The fraction of sp³-hybridized carbons (Fsp3) is 0.111. The predicted molar refractivity (Wildman–Crippen MR) is 95.0 cm³/mol. The molecule has 8 heteroatoms. The minimum absolute atomic E-state index is 0.305. The third-order valence-electron chi connectivity index (χ3n) is 3.68. The van der Waals surface area contributed by atoms with Crippen LogP contribution < -0.4 is 15.6 Å². The molecule has 0 saturated heterocycles. The molecule has 0 aliphatic carbocycles. The van der Waals surface area contributed by atoms with E-state index in [1.807, 2.05) is 0 Å². The fourth-order valence-electron chi connectivity index (χ4n) is 2.37. The van der Waals surface area contributed by atoms with Gasteiger partial charge in [0.15, 0.2) is 11.4 Å². The highest BCUT2D eigenvalue weighted by atomic mass is 16.5. The highest BCUT2D eigenvalue weighted by Gasteiger charge is 2.19. The molecule has 0 spiro atoms. The van der Waals surface area contributed by atoms with Gasteiger partial charge >= 0.3 is 0 Å². The van der Waals surface area contributed by atoms with Crippen molar-refractivity contribution in [1.82, 2.24) is 14.8 Å². The van der Waals surface area contributed by atoms with Crippen LogP contribution in [-0.2, 0) is 0 Å². The van der Waals surface area contributed by atoms with Gasteiger partial charge in [0.2, 0.25) is 0 Å². The van der Waals surface area contributed by atoms with Crippen molar-refractivity contribution in [3.8, 4) is 17.2 Å². The van der Waals surface area contributed by atoms with Crippen LogP contribution in [0.1, 0.15) is 16.1 Å². The van der Waals surface area contributed by atoms with Gasteiger partial charge in [0.05, 0.1) is 7.11 Å². The molecule has 26 heavy (non-hydrogen) atoms. The van der Waals surface area contributed by atoms with Gasteiger partial charge in [-0.15, -0.1) is 0 Å². The number of methoxy groups -OCH3 is 1. The number of aromatic hydroxyl groups is 1. The number of rotatable bonds is 4. The molecule has 3 rings (SSSR count). The zero-order valence-electron chi connectivity index (χ0n) is 14.1. The zero-order chi connectivity index (χ0) is 18.7. The van der Waals surface area contributed by atoms with E-state index in [0.717, 1.165) is 16.3 Å². The van der Waals surface area contributed by atoms with Crippen molar-refractivity contribution in [2.24, 2.45) is 0 Å². The number of aromatic nitrogens is 3. The predicted octanol–water partition coefficient (Wildman–Crippen LogP) is 1.90. The molecule has 0 fully saturated rings. The first-order valence-corrected chi connectivity index (χ1v) is 7.71. The first-order valence-electron chi connectivity index (χ1n) is 7.71. The van der Waals surface area contributed by atoms with E-state index < -0.39 is 17.2 Å². The molecule has 8 nitrogen and oxygen atoms in total. The second kappa shape index (κ2) is 7.06. The smallest absolute Gasteiger partial charge is 0.281 e. The van der Waals surface area contributed by atoms with Gasteiger partial charge in [0, 0.05) is 12.3 Å². The Balaban J connectivity index is 2.05. The Labute approximate surface area is 148 Å². The number of ether oxygens (including phenoxy) is 1. The Morgan fingerprint density at radius 2 is 2.00 bits per heavy atom. The highest BCUT2D eigenvalue weighted by Crippen LogP contribution is 2.21. The molecule has 3 aromatic rings. The number of nitrogens with one attached hydrogen (secondary N) is 1. The second-order valence-corrected chi connectivity index (χ2v) is 5.42. The molecule has 0 unspecified atom stereocenters. The molecule has 1 amide bonds. The number of para-hydroxylation sites is 2. The van der Waals surface area contributed by atoms with Crippen molar-refractivity contribution < 1.29 is 14.6 Å². The van der Waals surface area contributed by atoms with Gasteiger partial charge in [0.1, 0.15) is 17.3 Å². The Morgan fingerprint density at radius 3 is 2.73 bits per heavy atom. The molecular formula is C18H16N4O4. The lowest BCUT2D eigenvalue weighted by molar-refractivity contribution is 0.101. The number of carbonyl (C=O) groups is 1. The summed E-state index contributed by atoms with van der Waals surface area (Å²) in [5.41, 5.74) is 0.194. The Hall–Kier alpha value is -3.68. The number of hydrogen-bond acceptors (Lipinski definition) is 6. The molecule has 0 aliphatic heterocycles. The number of aryl methyl sites for hydroxylation is 1. The van der Waals surface area contributed by atoms with E-state index in [1.54, 1.807) is 43.3 Å². The molecule has 0 aliphatic rings. The maximum absolute atomic E-state index is 12.5. The summed E-state index contributed by atoms with van der Waals surface area (Å²) in [6.45, 7) is 1.78. The van der Waals surface area contributed by atoms with Crippen LogP contribution in [0.25, 0.3) is 5.69 Å². The minimum Gasteiger partial charge on any atom is -0.505 e. The van der Waals surface area contributed by atoms with Crippen LogP contribution in [0.4, 0.5) is 5.82 Å². The molecule has 0 saturated carbocycles. The summed E-state index contributed by atoms with van der Waals surface area (Å²) >= 11 is 0. The zero-order valence-corrected chi connectivity index (χ0v) is 14.1. The number of amides is 1. The summed E-state index contributed by atoms with van der Waals surface area (Å²) in [5, 5.41) is 16.6. The van der Waals surface area contributed by atoms with Crippen LogP contribution in [0.5, 0.6) is 11.5 Å². The molecule has 2 heterocycles. The summed E-state index contributed by atoms with van der Waals surface area (Å²) in [6.07, 6.45) is 1.53. The average molecular weight is 352 g/mol. The molecule has 132 valence electrons. The maximum Gasteiger partial charge on any atom is 0.281 e. The second-order valence-electron chi connectivity index (χ2n) is 5.42. The van der Waals surface area contributed by atoms with Crippen LogP contribution in [0, 0.1) is 6.92 Å².